The molecule has 0 unspecified atom stereocenters. The fourth-order valence-corrected chi connectivity index (χ4v) is 2.95. The predicted octanol–water partition coefficient (Wildman–Crippen LogP) is 4.44. The van der Waals surface area contributed by atoms with Crippen LogP contribution in [-0.4, -0.2) is 18.6 Å². The number of benzene rings is 2. The van der Waals surface area contributed by atoms with Gasteiger partial charge in [-0.25, -0.2) is 9.18 Å². The normalized spacial score (nSPS) is 18.1. The number of halogens is 1. The molecule has 26 heavy (non-hydrogen) atoms. The van der Waals surface area contributed by atoms with Crippen molar-refractivity contribution in [1.82, 2.24) is 0 Å². The van der Waals surface area contributed by atoms with E-state index >= 15 is 0 Å². The molecule has 1 saturated carbocycles. The van der Waals surface area contributed by atoms with Crippen LogP contribution in [0.15, 0.2) is 42.5 Å². The first-order valence-corrected chi connectivity index (χ1v) is 8.58. The fourth-order valence-electron chi connectivity index (χ4n) is 2.95. The second kappa shape index (κ2) is 7.56. The molecule has 2 amide bonds. The molecular weight excluding hydrogens is 335 g/mol. The Kier molecular flexibility index (Phi) is 5.21. The summed E-state index contributed by atoms with van der Waals surface area (Å²) in [6.07, 6.45) is 0.802. The van der Waals surface area contributed by atoms with Crippen LogP contribution in [-0.2, 0) is 9.53 Å². The van der Waals surface area contributed by atoms with Gasteiger partial charge in [0.2, 0.25) is 0 Å². The number of urea groups is 1. The van der Waals surface area contributed by atoms with Gasteiger partial charge in [-0.15, -0.1) is 0 Å². The van der Waals surface area contributed by atoms with E-state index in [1.54, 1.807) is 6.92 Å². The minimum atomic E-state index is -0.400. The molecule has 2 N–H and O–H groups in total. The quantitative estimate of drug-likeness (QED) is 0.778. The van der Waals surface area contributed by atoms with Crippen LogP contribution >= 0.6 is 0 Å². The van der Waals surface area contributed by atoms with Gasteiger partial charge in [-0.2, -0.15) is 0 Å². The average molecular weight is 356 g/mol. The Morgan fingerprint density at radius 3 is 2.54 bits per heavy atom. The van der Waals surface area contributed by atoms with E-state index in [0.717, 1.165) is 17.5 Å². The molecule has 136 valence electrons. The molecule has 0 aliphatic heterocycles. The number of hydrogen-bond acceptors (Lipinski definition) is 3. The van der Waals surface area contributed by atoms with Gasteiger partial charge in [-0.3, -0.25) is 4.79 Å². The first kappa shape index (κ1) is 17.9. The van der Waals surface area contributed by atoms with Crippen molar-refractivity contribution < 1.29 is 18.7 Å². The molecule has 3 rings (SSSR count). The number of ether oxygens (including phenoxy) is 1. The van der Waals surface area contributed by atoms with E-state index < -0.39 is 6.03 Å². The van der Waals surface area contributed by atoms with Crippen LogP contribution in [0.2, 0.25) is 0 Å². The Hall–Kier alpha value is -2.89. The Labute approximate surface area is 151 Å². The largest absolute Gasteiger partial charge is 0.466 e. The number of nitrogens with one attached hydrogen (secondary N) is 2. The predicted molar refractivity (Wildman–Crippen MR) is 97.7 cm³/mol. The lowest BCUT2D eigenvalue weighted by atomic mass is 10.0. The maximum atomic E-state index is 12.9. The van der Waals surface area contributed by atoms with Crippen LogP contribution in [0.5, 0.6) is 0 Å². The number of aryl methyl sites for hydroxylation is 1. The van der Waals surface area contributed by atoms with Crippen molar-refractivity contribution in [3.8, 4) is 0 Å². The van der Waals surface area contributed by atoms with Crippen LogP contribution in [0, 0.1) is 18.7 Å². The number of amides is 2. The topological polar surface area (TPSA) is 67.4 Å². The van der Waals surface area contributed by atoms with Crippen LogP contribution in [0.3, 0.4) is 0 Å². The summed E-state index contributed by atoms with van der Waals surface area (Å²) in [5.41, 5.74) is 3.17. The lowest BCUT2D eigenvalue weighted by molar-refractivity contribution is -0.144. The zero-order chi connectivity index (χ0) is 18.7. The highest BCUT2D eigenvalue weighted by Gasteiger charge is 2.45. The summed E-state index contributed by atoms with van der Waals surface area (Å²) in [5.74, 6) is -0.371. The van der Waals surface area contributed by atoms with Gasteiger partial charge < -0.3 is 15.4 Å². The number of carbonyl (C=O) groups excluding carboxylic acids is 2. The Bertz CT molecular complexity index is 820. The lowest BCUT2D eigenvalue weighted by Crippen LogP contribution is -2.20. The number of anilines is 2. The van der Waals surface area contributed by atoms with Crippen molar-refractivity contribution in [2.45, 2.75) is 26.2 Å². The van der Waals surface area contributed by atoms with Crippen molar-refractivity contribution in [3.63, 3.8) is 0 Å². The van der Waals surface area contributed by atoms with E-state index in [1.807, 2.05) is 25.1 Å². The van der Waals surface area contributed by atoms with Gasteiger partial charge in [0.1, 0.15) is 5.82 Å². The zero-order valence-electron chi connectivity index (χ0n) is 14.7. The number of hydrogen-bond donors (Lipinski definition) is 2. The number of rotatable bonds is 5. The van der Waals surface area contributed by atoms with Crippen molar-refractivity contribution >= 4 is 23.4 Å². The molecule has 0 aromatic heterocycles. The molecule has 2 aromatic rings. The molecule has 2 atom stereocenters. The van der Waals surface area contributed by atoms with Gasteiger partial charge in [0.05, 0.1) is 12.5 Å². The Balaban J connectivity index is 1.60. The average Bonchev–Trinajstić information content (AvgIpc) is 3.40. The summed E-state index contributed by atoms with van der Waals surface area (Å²) in [7, 11) is 0. The van der Waals surface area contributed by atoms with Gasteiger partial charge >= 0.3 is 12.0 Å². The third kappa shape index (κ3) is 4.20. The molecular formula is C20H21FN2O3. The summed E-state index contributed by atoms with van der Waals surface area (Å²) in [6.45, 7) is 4.10. The van der Waals surface area contributed by atoms with Crippen molar-refractivity contribution in [3.05, 3.63) is 59.4 Å². The molecule has 2 aromatic carbocycles. The first-order chi connectivity index (χ1) is 12.5. The van der Waals surface area contributed by atoms with E-state index in [0.29, 0.717) is 18.0 Å². The van der Waals surface area contributed by atoms with Crippen LogP contribution < -0.4 is 10.6 Å². The molecule has 0 saturated heterocycles. The van der Waals surface area contributed by atoms with Crippen LogP contribution in [0.1, 0.15) is 30.4 Å². The monoisotopic (exact) mass is 356 g/mol. The zero-order valence-corrected chi connectivity index (χ0v) is 14.7. The molecule has 0 radical (unpaired) electrons. The number of esters is 1. The summed E-state index contributed by atoms with van der Waals surface area (Å²) in [5, 5.41) is 5.43. The molecule has 5 nitrogen and oxygen atoms in total. The second-order valence-electron chi connectivity index (χ2n) is 6.36. The third-order valence-electron chi connectivity index (χ3n) is 4.41. The first-order valence-electron chi connectivity index (χ1n) is 8.58. The second-order valence-corrected chi connectivity index (χ2v) is 6.36. The third-order valence-corrected chi connectivity index (χ3v) is 4.41. The van der Waals surface area contributed by atoms with Gasteiger partial charge in [0, 0.05) is 11.4 Å². The molecule has 0 heterocycles. The fraction of sp³-hybridized carbons (Fsp3) is 0.300. The minimum absolute atomic E-state index is 0.0602. The van der Waals surface area contributed by atoms with Gasteiger partial charge in [0.15, 0.2) is 0 Å². The maximum absolute atomic E-state index is 12.9. The summed E-state index contributed by atoms with van der Waals surface area (Å²) in [4.78, 5) is 23.9. The van der Waals surface area contributed by atoms with Crippen molar-refractivity contribution in [2.24, 2.45) is 5.92 Å². The maximum Gasteiger partial charge on any atom is 0.323 e. The molecule has 1 fully saturated rings. The molecule has 6 heteroatoms. The minimum Gasteiger partial charge on any atom is -0.466 e. The van der Waals surface area contributed by atoms with Gasteiger partial charge in [0.25, 0.3) is 0 Å². The summed E-state index contributed by atoms with van der Waals surface area (Å²) < 4.78 is 18.0. The van der Waals surface area contributed by atoms with E-state index in [1.165, 1.54) is 24.3 Å². The number of carbonyl (C=O) groups is 2. The van der Waals surface area contributed by atoms with Gasteiger partial charge in [-0.05, 0) is 67.6 Å². The molecule has 1 aliphatic carbocycles. The van der Waals surface area contributed by atoms with Crippen LogP contribution in [0.25, 0.3) is 0 Å². The van der Waals surface area contributed by atoms with E-state index in [2.05, 4.69) is 10.6 Å². The smallest absolute Gasteiger partial charge is 0.323 e. The summed E-state index contributed by atoms with van der Waals surface area (Å²) in [6, 6.07) is 10.9. The van der Waals surface area contributed by atoms with E-state index in [4.69, 9.17) is 4.74 Å². The molecule has 1 aliphatic rings. The van der Waals surface area contributed by atoms with Crippen molar-refractivity contribution in [1.29, 1.82) is 0 Å². The Morgan fingerprint density at radius 1 is 1.15 bits per heavy atom. The highest BCUT2D eigenvalue weighted by atomic mass is 19.1. The lowest BCUT2D eigenvalue weighted by Gasteiger charge is -2.11. The van der Waals surface area contributed by atoms with E-state index in [9.17, 15) is 14.0 Å². The summed E-state index contributed by atoms with van der Waals surface area (Å²) >= 11 is 0. The molecule has 0 bridgehead atoms. The molecule has 0 spiro atoms. The highest BCUT2D eigenvalue weighted by Crippen LogP contribution is 2.48. The highest BCUT2D eigenvalue weighted by molar-refractivity contribution is 6.00. The van der Waals surface area contributed by atoms with Gasteiger partial charge in [-0.1, -0.05) is 12.1 Å². The SMILES string of the molecule is CCOC(=O)[C@@H]1C[C@H]1c1ccc(NC(=O)Nc2ccc(F)cc2)c(C)c1. The van der Waals surface area contributed by atoms with E-state index in [-0.39, 0.29) is 23.6 Å². The Morgan fingerprint density at radius 2 is 1.88 bits per heavy atom. The van der Waals surface area contributed by atoms with Crippen molar-refractivity contribution in [2.75, 3.05) is 17.2 Å². The van der Waals surface area contributed by atoms with Crippen LogP contribution in [0.4, 0.5) is 20.6 Å². The standard InChI is InChI=1S/C20H21FN2O3/c1-3-26-19(24)17-11-16(17)13-4-9-18(12(2)10-13)23-20(25)22-15-7-5-14(21)6-8-15/h4-10,16-17H,3,11H2,1-2H3,(H2,22,23,25)/t16-,17+/m0/s1.